The van der Waals surface area contributed by atoms with Gasteiger partial charge in [-0.2, -0.15) is 0 Å². The van der Waals surface area contributed by atoms with Crippen LogP contribution in [0.15, 0.2) is 46.0 Å². The minimum Gasteiger partial charge on any atom is -0.472 e. The number of carbonyl (C=O) groups excluding carboxylic acids is 2. The van der Waals surface area contributed by atoms with E-state index in [0.717, 1.165) is 0 Å². The molecule has 3 fully saturated rings. The standard InChI is InChI=1S/C25H30O8/c1-22(2)17-11-19(32-21(27)16-7-10-30-14-16)24(4)18(31-20(26)15-6-9-29-13-15)5-8-23(3,28)25(24,12-17)33-22/h6-7,9-10,13-14,17-19,28H,5,8,11-12H2,1-4H3/t17-,18+,19+,23-,24-,25-/m1/s1. The molecule has 1 spiro atoms. The van der Waals surface area contributed by atoms with E-state index in [2.05, 4.69) is 0 Å². The lowest BCUT2D eigenvalue weighted by atomic mass is 9.49. The first-order valence-corrected chi connectivity index (χ1v) is 11.4. The number of esters is 2. The highest BCUT2D eigenvalue weighted by Crippen LogP contribution is 2.67. The van der Waals surface area contributed by atoms with E-state index < -0.39 is 46.4 Å². The molecule has 0 aromatic carbocycles. The summed E-state index contributed by atoms with van der Waals surface area (Å²) in [5.74, 6) is -0.983. The van der Waals surface area contributed by atoms with Gasteiger partial charge in [0.25, 0.3) is 0 Å². The van der Waals surface area contributed by atoms with Gasteiger partial charge in [-0.15, -0.1) is 0 Å². The molecule has 0 unspecified atom stereocenters. The van der Waals surface area contributed by atoms with Crippen LogP contribution < -0.4 is 0 Å². The molecule has 2 saturated carbocycles. The molecule has 3 aliphatic rings. The average molecular weight is 459 g/mol. The smallest absolute Gasteiger partial charge is 0.341 e. The van der Waals surface area contributed by atoms with Gasteiger partial charge in [-0.05, 0) is 71.4 Å². The Morgan fingerprint density at radius 1 is 0.970 bits per heavy atom. The number of hydrogen-bond acceptors (Lipinski definition) is 8. The molecule has 178 valence electrons. The number of aliphatic hydroxyl groups is 1. The van der Waals surface area contributed by atoms with Crippen molar-refractivity contribution in [3.8, 4) is 0 Å². The highest BCUT2D eigenvalue weighted by atomic mass is 16.6. The van der Waals surface area contributed by atoms with Crippen molar-refractivity contribution in [1.29, 1.82) is 0 Å². The van der Waals surface area contributed by atoms with Crippen LogP contribution in [0.4, 0.5) is 0 Å². The van der Waals surface area contributed by atoms with Crippen molar-refractivity contribution >= 4 is 11.9 Å². The molecule has 0 amide bonds. The third-order valence-corrected chi connectivity index (χ3v) is 8.44. The van der Waals surface area contributed by atoms with Crippen molar-refractivity contribution in [3.63, 3.8) is 0 Å². The molecule has 33 heavy (non-hydrogen) atoms. The summed E-state index contributed by atoms with van der Waals surface area (Å²) in [6.45, 7) is 7.70. The Morgan fingerprint density at radius 3 is 2.09 bits per heavy atom. The highest BCUT2D eigenvalue weighted by Gasteiger charge is 2.77. The van der Waals surface area contributed by atoms with Gasteiger partial charge in [0.2, 0.25) is 0 Å². The summed E-state index contributed by atoms with van der Waals surface area (Å²) in [4.78, 5) is 25.8. The molecule has 2 aliphatic carbocycles. The van der Waals surface area contributed by atoms with Crippen molar-refractivity contribution in [1.82, 2.24) is 0 Å². The minimum absolute atomic E-state index is 0.0579. The second kappa shape index (κ2) is 7.21. The van der Waals surface area contributed by atoms with Crippen LogP contribution in [0.25, 0.3) is 0 Å². The first kappa shape index (κ1) is 22.2. The Bertz CT molecular complexity index is 1040. The number of hydrogen-bond donors (Lipinski definition) is 1. The van der Waals surface area contributed by atoms with Gasteiger partial charge >= 0.3 is 11.9 Å². The molecule has 0 radical (unpaired) electrons. The molecule has 2 bridgehead atoms. The van der Waals surface area contributed by atoms with Gasteiger partial charge in [0.1, 0.15) is 30.3 Å². The van der Waals surface area contributed by atoms with Crippen LogP contribution in [-0.4, -0.2) is 46.1 Å². The van der Waals surface area contributed by atoms with Crippen LogP contribution in [0.3, 0.4) is 0 Å². The fourth-order valence-corrected chi connectivity index (χ4v) is 6.43. The molecule has 6 atom stereocenters. The van der Waals surface area contributed by atoms with Gasteiger partial charge in [-0.1, -0.05) is 0 Å². The van der Waals surface area contributed by atoms with Crippen molar-refractivity contribution in [2.24, 2.45) is 11.3 Å². The first-order chi connectivity index (χ1) is 15.5. The molecule has 1 N–H and O–H groups in total. The monoisotopic (exact) mass is 458 g/mol. The van der Waals surface area contributed by atoms with Gasteiger partial charge in [-0.25, -0.2) is 9.59 Å². The molecule has 5 rings (SSSR count). The van der Waals surface area contributed by atoms with Gasteiger partial charge < -0.3 is 28.2 Å². The second-order valence-electron chi connectivity index (χ2n) is 10.6. The largest absolute Gasteiger partial charge is 0.472 e. The summed E-state index contributed by atoms with van der Waals surface area (Å²) < 4.78 is 28.9. The van der Waals surface area contributed by atoms with Crippen LogP contribution >= 0.6 is 0 Å². The van der Waals surface area contributed by atoms with Crippen LogP contribution in [0.2, 0.25) is 0 Å². The van der Waals surface area contributed by atoms with Crippen molar-refractivity contribution in [2.45, 2.75) is 82.4 Å². The lowest BCUT2D eigenvalue weighted by Crippen LogP contribution is -2.74. The van der Waals surface area contributed by atoms with E-state index in [9.17, 15) is 14.7 Å². The predicted molar refractivity (Wildman–Crippen MR) is 114 cm³/mol. The Morgan fingerprint density at radius 2 is 1.55 bits per heavy atom. The fourth-order valence-electron chi connectivity index (χ4n) is 6.43. The van der Waals surface area contributed by atoms with Gasteiger partial charge in [0.05, 0.1) is 40.3 Å². The van der Waals surface area contributed by atoms with Crippen LogP contribution in [0.1, 0.15) is 74.1 Å². The molecule has 8 heteroatoms. The number of furan rings is 2. The quantitative estimate of drug-likeness (QED) is 0.682. The zero-order valence-electron chi connectivity index (χ0n) is 19.3. The maximum atomic E-state index is 13.0. The summed E-state index contributed by atoms with van der Waals surface area (Å²) >= 11 is 0. The zero-order valence-corrected chi connectivity index (χ0v) is 19.3. The Kier molecular flexibility index (Phi) is 4.85. The highest BCUT2D eigenvalue weighted by molar-refractivity contribution is 5.89. The van der Waals surface area contributed by atoms with E-state index in [1.807, 2.05) is 20.8 Å². The molecule has 3 heterocycles. The molecular formula is C25H30O8. The van der Waals surface area contributed by atoms with Crippen molar-refractivity contribution < 1.29 is 37.7 Å². The van der Waals surface area contributed by atoms with Gasteiger partial charge in [-0.3, -0.25) is 0 Å². The average Bonchev–Trinajstić information content (AvgIpc) is 3.49. The van der Waals surface area contributed by atoms with Crippen LogP contribution in [0.5, 0.6) is 0 Å². The van der Waals surface area contributed by atoms with Crippen LogP contribution in [-0.2, 0) is 14.2 Å². The fraction of sp³-hybridized carbons (Fsp3) is 0.600. The third-order valence-electron chi connectivity index (χ3n) is 8.44. The SMILES string of the molecule is CC1(C)O[C@@]23C[C@H]1C[C@H](OC(=O)c1ccoc1)[C@@]2(C)[C@@H](OC(=O)c1ccoc1)CC[C@@]3(C)O. The Balaban J connectivity index is 1.57. The summed E-state index contributed by atoms with van der Waals surface area (Å²) in [7, 11) is 0. The van der Waals surface area contributed by atoms with E-state index in [4.69, 9.17) is 23.0 Å². The molecule has 2 aromatic heterocycles. The topological polar surface area (TPSA) is 108 Å². The summed E-state index contributed by atoms with van der Waals surface area (Å²) in [5.41, 5.74) is -3.19. The van der Waals surface area contributed by atoms with E-state index in [0.29, 0.717) is 36.8 Å². The van der Waals surface area contributed by atoms with E-state index in [1.165, 1.54) is 25.1 Å². The molecule has 1 aliphatic heterocycles. The third kappa shape index (κ3) is 3.10. The molecule has 8 nitrogen and oxygen atoms in total. The second-order valence-corrected chi connectivity index (χ2v) is 10.6. The number of rotatable bonds is 4. The number of carbonyl (C=O) groups is 2. The lowest BCUT2D eigenvalue weighted by Gasteiger charge is -2.62. The number of ether oxygens (including phenoxy) is 3. The van der Waals surface area contributed by atoms with Crippen molar-refractivity contribution in [2.75, 3.05) is 0 Å². The molecular weight excluding hydrogens is 428 g/mol. The lowest BCUT2D eigenvalue weighted by molar-refractivity contribution is -0.302. The maximum Gasteiger partial charge on any atom is 0.341 e. The van der Waals surface area contributed by atoms with E-state index >= 15 is 0 Å². The molecule has 2 aromatic rings. The predicted octanol–water partition coefficient (Wildman–Crippen LogP) is 4.13. The van der Waals surface area contributed by atoms with Crippen molar-refractivity contribution in [3.05, 3.63) is 48.3 Å². The maximum absolute atomic E-state index is 13.0. The van der Waals surface area contributed by atoms with Crippen LogP contribution in [0, 0.1) is 11.3 Å². The summed E-state index contributed by atoms with van der Waals surface area (Å²) in [6, 6.07) is 3.09. The Hall–Kier alpha value is -2.58. The van der Waals surface area contributed by atoms with Gasteiger partial charge in [0.15, 0.2) is 0 Å². The van der Waals surface area contributed by atoms with E-state index in [1.54, 1.807) is 19.1 Å². The van der Waals surface area contributed by atoms with Gasteiger partial charge in [0, 0.05) is 0 Å². The first-order valence-electron chi connectivity index (χ1n) is 11.4. The summed E-state index contributed by atoms with van der Waals surface area (Å²) in [6.07, 6.45) is 6.12. The Labute approximate surface area is 192 Å². The zero-order chi connectivity index (χ0) is 23.6. The normalized spacial score (nSPS) is 39.0. The summed E-state index contributed by atoms with van der Waals surface area (Å²) in [5, 5.41) is 11.7. The van der Waals surface area contributed by atoms with E-state index in [-0.39, 0.29) is 5.92 Å². The number of fused-ring (bicyclic) bond motifs is 1. The molecule has 1 saturated heterocycles. The minimum atomic E-state index is -1.20.